The van der Waals surface area contributed by atoms with Crippen molar-refractivity contribution in [2.45, 2.75) is 51.4 Å². The van der Waals surface area contributed by atoms with Crippen LogP contribution in [-0.4, -0.2) is 29.2 Å². The first-order valence-corrected chi connectivity index (χ1v) is 11.1. The fourth-order valence-corrected chi connectivity index (χ4v) is 5.12. The first-order valence-electron chi connectivity index (χ1n) is 10.3. The van der Waals surface area contributed by atoms with Gasteiger partial charge in [0.15, 0.2) is 0 Å². The molecule has 5 rings (SSSR count). The number of aliphatic imine (C=N–C) groups is 1. The average Bonchev–Trinajstić information content (AvgIpc) is 3.24. The molecule has 0 saturated carbocycles. The lowest BCUT2D eigenvalue weighted by Crippen LogP contribution is -2.60. The van der Waals surface area contributed by atoms with E-state index in [1.807, 2.05) is 0 Å². The number of thiophene rings is 1. The van der Waals surface area contributed by atoms with Crippen molar-refractivity contribution in [1.29, 1.82) is 0 Å². The fraction of sp³-hybridized carbons (Fsp3) is 0.500. The molecule has 3 aromatic heterocycles. The minimum absolute atomic E-state index is 0.182. The van der Waals surface area contributed by atoms with Gasteiger partial charge in [0, 0.05) is 17.0 Å². The van der Waals surface area contributed by atoms with Gasteiger partial charge in [0.05, 0.1) is 28.4 Å². The van der Waals surface area contributed by atoms with Crippen molar-refractivity contribution in [1.82, 2.24) is 10.3 Å². The van der Waals surface area contributed by atoms with Gasteiger partial charge in [-0.2, -0.15) is 5.01 Å². The Morgan fingerprint density at radius 3 is 2.83 bits per heavy atom. The summed E-state index contributed by atoms with van der Waals surface area (Å²) in [6.45, 7) is 1.84. The van der Waals surface area contributed by atoms with Crippen LogP contribution in [0.4, 0.5) is 11.6 Å². The quantitative estimate of drug-likeness (QED) is 0.305. The Morgan fingerprint density at radius 1 is 1.17 bits per heavy atom. The van der Waals surface area contributed by atoms with Crippen molar-refractivity contribution < 1.29 is 14.4 Å². The van der Waals surface area contributed by atoms with Crippen molar-refractivity contribution in [2.75, 3.05) is 23.8 Å². The zero-order valence-corrected chi connectivity index (χ0v) is 17.1. The number of rotatable bonds is 3. The fourth-order valence-electron chi connectivity index (χ4n) is 4.14. The van der Waals surface area contributed by atoms with Gasteiger partial charge in [0.1, 0.15) is 4.83 Å². The van der Waals surface area contributed by atoms with Crippen LogP contribution in [0.25, 0.3) is 10.2 Å². The summed E-state index contributed by atoms with van der Waals surface area (Å²) < 4.78 is 5.25. The van der Waals surface area contributed by atoms with Gasteiger partial charge in [0.2, 0.25) is 5.27 Å². The van der Waals surface area contributed by atoms with Crippen molar-refractivity contribution in [2.24, 2.45) is 4.99 Å². The molecule has 8 nitrogen and oxygen atoms in total. The van der Waals surface area contributed by atoms with E-state index in [9.17, 15) is 5.11 Å². The Kier molecular flexibility index (Phi) is 4.83. The number of nitrogen functional groups attached to an aromatic ring is 1. The summed E-state index contributed by atoms with van der Waals surface area (Å²) in [6, 6.07) is 2.12. The molecule has 1 aliphatic carbocycles. The Labute approximate surface area is 172 Å². The molecule has 4 heterocycles. The predicted octanol–water partition coefficient (Wildman–Crippen LogP) is 1.98. The van der Waals surface area contributed by atoms with Crippen LogP contribution in [-0.2, 0) is 12.8 Å². The highest BCUT2D eigenvalue weighted by Crippen LogP contribution is 2.35. The predicted molar refractivity (Wildman–Crippen MR) is 110 cm³/mol. The summed E-state index contributed by atoms with van der Waals surface area (Å²) in [5, 5.41) is 19.7. The molecule has 0 aromatic carbocycles. The van der Waals surface area contributed by atoms with Crippen molar-refractivity contribution in [3.05, 3.63) is 28.4 Å². The number of pyridine rings is 1. The van der Waals surface area contributed by atoms with E-state index in [0.29, 0.717) is 10.6 Å². The van der Waals surface area contributed by atoms with Crippen LogP contribution in [0, 0.1) is 0 Å². The second kappa shape index (κ2) is 7.62. The molecule has 0 bridgehead atoms. The SMILES string of the molecule is Nc1c(/C([O-])=N/c2c[n+](N3CCCCC3)no2)sc2nc3c(cc12)CCCCC3. The molecular formula is C20H24N6O2S. The van der Waals surface area contributed by atoms with E-state index in [-0.39, 0.29) is 5.88 Å². The van der Waals surface area contributed by atoms with Crippen LogP contribution >= 0.6 is 11.3 Å². The maximum absolute atomic E-state index is 12.8. The Bertz CT molecular complexity index is 1070. The number of hydrogen-bond donors (Lipinski definition) is 1. The van der Waals surface area contributed by atoms with Crippen molar-refractivity contribution >= 4 is 39.0 Å². The van der Waals surface area contributed by atoms with E-state index in [1.54, 1.807) is 11.0 Å². The number of anilines is 1. The number of fused-ring (bicyclic) bond motifs is 2. The van der Waals surface area contributed by atoms with Gasteiger partial charge in [-0.3, -0.25) is 4.52 Å². The van der Waals surface area contributed by atoms with E-state index in [4.69, 9.17) is 15.2 Å². The zero-order chi connectivity index (χ0) is 19.8. The van der Waals surface area contributed by atoms with Gasteiger partial charge in [-0.05, 0) is 56.6 Å². The molecular weight excluding hydrogens is 388 g/mol. The van der Waals surface area contributed by atoms with Gasteiger partial charge in [-0.15, -0.1) is 11.3 Å². The number of aryl methyl sites for hydroxylation is 2. The molecule has 1 saturated heterocycles. The summed E-state index contributed by atoms with van der Waals surface area (Å²) in [5.41, 5.74) is 9.18. The topological polar surface area (TPSA) is 107 Å². The van der Waals surface area contributed by atoms with Gasteiger partial charge in [0.25, 0.3) is 6.20 Å². The third-order valence-electron chi connectivity index (χ3n) is 5.72. The Balaban J connectivity index is 1.45. The van der Waals surface area contributed by atoms with Crippen LogP contribution in [0.5, 0.6) is 0 Å². The van der Waals surface area contributed by atoms with Crippen molar-refractivity contribution in [3.8, 4) is 0 Å². The van der Waals surface area contributed by atoms with Crippen LogP contribution in [0.3, 0.4) is 0 Å². The smallest absolute Gasteiger partial charge is 0.324 e. The van der Waals surface area contributed by atoms with E-state index in [1.165, 1.54) is 36.2 Å². The molecule has 0 spiro atoms. The largest absolute Gasteiger partial charge is 0.857 e. The maximum Gasteiger partial charge on any atom is 0.324 e. The number of hydrogen-bond acceptors (Lipinski definition) is 8. The molecule has 0 atom stereocenters. The van der Waals surface area contributed by atoms with Crippen LogP contribution in [0.15, 0.2) is 21.8 Å². The van der Waals surface area contributed by atoms with E-state index < -0.39 is 5.90 Å². The molecule has 2 aliphatic rings. The minimum Gasteiger partial charge on any atom is -0.857 e. The van der Waals surface area contributed by atoms with Gasteiger partial charge in [-0.25, -0.2) is 9.98 Å². The van der Waals surface area contributed by atoms with Crippen LogP contribution in [0.1, 0.15) is 54.7 Å². The summed E-state index contributed by atoms with van der Waals surface area (Å²) in [4.78, 5) is 11.8. The summed E-state index contributed by atoms with van der Waals surface area (Å²) >= 11 is 1.31. The summed E-state index contributed by atoms with van der Waals surface area (Å²) in [6.07, 6.45) is 10.7. The lowest BCUT2D eigenvalue weighted by molar-refractivity contribution is -0.759. The second-order valence-corrected chi connectivity index (χ2v) is 8.74. The minimum atomic E-state index is -0.414. The maximum atomic E-state index is 12.8. The monoisotopic (exact) mass is 412 g/mol. The lowest BCUT2D eigenvalue weighted by Gasteiger charge is -2.17. The van der Waals surface area contributed by atoms with E-state index in [2.05, 4.69) is 21.3 Å². The van der Waals surface area contributed by atoms with Gasteiger partial charge < -0.3 is 10.8 Å². The lowest BCUT2D eigenvalue weighted by atomic mass is 10.1. The Hall–Kier alpha value is -2.68. The third-order valence-corrected chi connectivity index (χ3v) is 6.82. The number of aromatic nitrogens is 3. The number of nitrogens with two attached hydrogens (primary N) is 1. The van der Waals surface area contributed by atoms with E-state index >= 15 is 0 Å². The molecule has 1 aliphatic heterocycles. The standard InChI is InChI=1S/C20H24N6O2S/c21-17-14-11-13-7-3-1-4-8-15(13)22-20(14)29-18(17)19(27)23-16-12-26(24-28-16)25-9-5-2-6-10-25/h11-12H,1-10H2,(H2-,21,23,24,27). The van der Waals surface area contributed by atoms with Crippen LogP contribution < -0.4 is 20.6 Å². The molecule has 3 aromatic rings. The molecule has 2 N–H and O–H groups in total. The van der Waals surface area contributed by atoms with E-state index in [0.717, 1.165) is 61.1 Å². The number of piperidine rings is 1. The molecule has 0 amide bonds. The highest BCUT2D eigenvalue weighted by atomic mass is 32.1. The number of nitrogens with zero attached hydrogens (tertiary/aromatic N) is 5. The molecule has 0 unspecified atom stereocenters. The molecule has 152 valence electrons. The Morgan fingerprint density at radius 2 is 1.97 bits per heavy atom. The zero-order valence-electron chi connectivity index (χ0n) is 16.3. The average molecular weight is 413 g/mol. The first-order chi connectivity index (χ1) is 14.2. The molecule has 29 heavy (non-hydrogen) atoms. The van der Waals surface area contributed by atoms with Crippen molar-refractivity contribution in [3.63, 3.8) is 0 Å². The highest BCUT2D eigenvalue weighted by molar-refractivity contribution is 7.21. The molecule has 1 fully saturated rings. The first kappa shape index (κ1) is 18.4. The normalized spacial score (nSPS) is 18.1. The van der Waals surface area contributed by atoms with Gasteiger partial charge in [-0.1, -0.05) is 6.42 Å². The summed E-state index contributed by atoms with van der Waals surface area (Å²) in [5.74, 6) is -0.233. The molecule has 0 radical (unpaired) electrons. The third kappa shape index (κ3) is 3.55. The van der Waals surface area contributed by atoms with Crippen LogP contribution in [0.2, 0.25) is 0 Å². The molecule has 9 heteroatoms. The summed E-state index contributed by atoms with van der Waals surface area (Å²) in [7, 11) is 0. The second-order valence-electron chi connectivity index (χ2n) is 7.74. The highest BCUT2D eigenvalue weighted by Gasteiger charge is 2.23. The van der Waals surface area contributed by atoms with Gasteiger partial charge >= 0.3 is 5.88 Å².